The fraction of sp³-hybridized carbons (Fsp3) is 0.538. The Kier molecular flexibility index (Phi) is 6.89. The van der Waals surface area contributed by atoms with E-state index in [0.717, 1.165) is 21.5 Å². The van der Waals surface area contributed by atoms with Crippen LogP contribution in [0.4, 0.5) is 0 Å². The number of rotatable bonds is 7. The number of thioether (sulfide) groups is 1. The van der Waals surface area contributed by atoms with E-state index in [-0.39, 0.29) is 0 Å². The first-order chi connectivity index (χ1) is 8.65. The van der Waals surface area contributed by atoms with Gasteiger partial charge in [-0.05, 0) is 46.0 Å². The van der Waals surface area contributed by atoms with E-state index in [9.17, 15) is 5.11 Å². The number of methoxy groups -OCH3 is 2. The van der Waals surface area contributed by atoms with Crippen molar-refractivity contribution in [3.63, 3.8) is 0 Å². The van der Waals surface area contributed by atoms with Crippen LogP contribution in [-0.2, 0) is 0 Å². The third kappa shape index (κ3) is 3.80. The van der Waals surface area contributed by atoms with Gasteiger partial charge in [-0.3, -0.25) is 0 Å². The van der Waals surface area contributed by atoms with Gasteiger partial charge in [0.05, 0.1) is 20.3 Å². The second kappa shape index (κ2) is 7.92. The second-order valence-electron chi connectivity index (χ2n) is 3.71. The number of ether oxygens (including phenoxy) is 2. The number of hydrogen-bond acceptors (Lipinski definition) is 4. The van der Waals surface area contributed by atoms with Crippen molar-refractivity contribution in [1.82, 2.24) is 0 Å². The molecule has 0 aliphatic heterocycles. The summed E-state index contributed by atoms with van der Waals surface area (Å²) in [6.45, 7) is 2.11. The van der Waals surface area contributed by atoms with Crippen LogP contribution in [0.2, 0.25) is 0 Å². The lowest BCUT2D eigenvalue weighted by Gasteiger charge is -2.17. The van der Waals surface area contributed by atoms with E-state index in [0.29, 0.717) is 17.9 Å². The van der Waals surface area contributed by atoms with E-state index in [4.69, 9.17) is 9.47 Å². The minimum atomic E-state index is -0.513. The van der Waals surface area contributed by atoms with Crippen LogP contribution in [0, 0.1) is 0 Å². The Morgan fingerprint density at radius 1 is 1.33 bits per heavy atom. The van der Waals surface area contributed by atoms with Gasteiger partial charge in [0.15, 0.2) is 0 Å². The predicted octanol–water partition coefficient (Wildman–Crippen LogP) is 3.64. The quantitative estimate of drug-likeness (QED) is 0.772. The van der Waals surface area contributed by atoms with Crippen LogP contribution in [0.5, 0.6) is 11.5 Å². The van der Waals surface area contributed by atoms with Crippen LogP contribution in [0.15, 0.2) is 16.6 Å². The van der Waals surface area contributed by atoms with Crippen LogP contribution in [-0.4, -0.2) is 30.8 Å². The number of benzene rings is 1. The average molecular weight is 335 g/mol. The fourth-order valence-electron chi connectivity index (χ4n) is 1.68. The minimum Gasteiger partial charge on any atom is -0.495 e. The smallest absolute Gasteiger partial charge is 0.142 e. The van der Waals surface area contributed by atoms with Gasteiger partial charge in [0.2, 0.25) is 0 Å². The Labute approximate surface area is 121 Å². The maximum atomic E-state index is 10.2. The van der Waals surface area contributed by atoms with Crippen LogP contribution < -0.4 is 9.47 Å². The van der Waals surface area contributed by atoms with Gasteiger partial charge in [-0.1, -0.05) is 6.92 Å². The molecule has 0 aliphatic rings. The summed E-state index contributed by atoms with van der Waals surface area (Å²) in [5, 5.41) is 10.2. The van der Waals surface area contributed by atoms with Gasteiger partial charge in [-0.25, -0.2) is 0 Å². The van der Waals surface area contributed by atoms with Gasteiger partial charge in [-0.2, -0.15) is 11.8 Å². The molecule has 1 atom stereocenters. The second-order valence-corrected chi connectivity index (χ2v) is 5.89. The van der Waals surface area contributed by atoms with E-state index in [1.54, 1.807) is 14.2 Å². The lowest BCUT2D eigenvalue weighted by Crippen LogP contribution is -2.03. The van der Waals surface area contributed by atoms with Crippen LogP contribution in [0.3, 0.4) is 0 Å². The molecular formula is C13H19BrO3S. The highest BCUT2D eigenvalue weighted by molar-refractivity contribution is 9.10. The van der Waals surface area contributed by atoms with Gasteiger partial charge in [0, 0.05) is 5.56 Å². The molecule has 18 heavy (non-hydrogen) atoms. The van der Waals surface area contributed by atoms with Crippen molar-refractivity contribution < 1.29 is 14.6 Å². The van der Waals surface area contributed by atoms with Crippen molar-refractivity contribution in [2.45, 2.75) is 19.4 Å². The maximum Gasteiger partial charge on any atom is 0.142 e. The lowest BCUT2D eigenvalue weighted by molar-refractivity contribution is 0.170. The molecule has 0 spiro atoms. The van der Waals surface area contributed by atoms with E-state index in [2.05, 4.69) is 22.9 Å². The Morgan fingerprint density at radius 3 is 2.61 bits per heavy atom. The summed E-state index contributed by atoms with van der Waals surface area (Å²) in [4.78, 5) is 0. The van der Waals surface area contributed by atoms with Gasteiger partial charge < -0.3 is 14.6 Å². The summed E-state index contributed by atoms with van der Waals surface area (Å²) in [7, 11) is 3.20. The molecule has 0 bridgehead atoms. The van der Waals surface area contributed by atoms with E-state index in [1.807, 2.05) is 23.9 Å². The summed E-state index contributed by atoms with van der Waals surface area (Å²) in [5.74, 6) is 3.34. The van der Waals surface area contributed by atoms with E-state index >= 15 is 0 Å². The Bertz CT molecular complexity index is 385. The van der Waals surface area contributed by atoms with Crippen LogP contribution in [0.25, 0.3) is 0 Å². The first-order valence-electron chi connectivity index (χ1n) is 5.81. The van der Waals surface area contributed by atoms with Gasteiger partial charge >= 0.3 is 0 Å². The molecule has 5 heteroatoms. The molecule has 1 aromatic rings. The topological polar surface area (TPSA) is 38.7 Å². The molecular weight excluding hydrogens is 316 g/mol. The standard InChI is InChI=1S/C13H19BrO3S/c1-4-18-8-7-10(15)9-5-6-11(16-2)12(14)13(9)17-3/h5-6,10,15H,4,7-8H2,1-3H3. The van der Waals surface area contributed by atoms with Gasteiger partial charge in [-0.15, -0.1) is 0 Å². The summed E-state index contributed by atoms with van der Waals surface area (Å²) in [6.07, 6.45) is 0.203. The molecule has 0 heterocycles. The Morgan fingerprint density at radius 2 is 2.06 bits per heavy atom. The molecule has 0 fully saturated rings. The van der Waals surface area contributed by atoms with Crippen molar-refractivity contribution in [3.8, 4) is 11.5 Å². The third-order valence-corrected chi connectivity index (χ3v) is 4.30. The van der Waals surface area contributed by atoms with E-state index < -0.39 is 6.10 Å². The molecule has 0 radical (unpaired) electrons. The zero-order valence-corrected chi connectivity index (χ0v) is 13.3. The summed E-state index contributed by atoms with van der Waals surface area (Å²) < 4.78 is 11.3. The molecule has 102 valence electrons. The molecule has 0 aromatic heterocycles. The Hall–Kier alpha value is -0.390. The normalized spacial score (nSPS) is 12.3. The summed E-state index contributed by atoms with van der Waals surface area (Å²) >= 11 is 5.26. The molecule has 0 saturated carbocycles. The van der Waals surface area contributed by atoms with E-state index in [1.165, 1.54) is 0 Å². The number of halogens is 1. The van der Waals surface area contributed by atoms with Gasteiger partial charge in [0.25, 0.3) is 0 Å². The first kappa shape index (κ1) is 15.7. The van der Waals surface area contributed by atoms with Gasteiger partial charge in [0.1, 0.15) is 16.0 Å². The number of aliphatic hydroxyl groups is 1. The van der Waals surface area contributed by atoms with Crippen molar-refractivity contribution in [2.75, 3.05) is 25.7 Å². The average Bonchev–Trinajstić information content (AvgIpc) is 2.38. The largest absolute Gasteiger partial charge is 0.495 e. The zero-order valence-electron chi connectivity index (χ0n) is 10.9. The lowest BCUT2D eigenvalue weighted by atomic mass is 10.1. The van der Waals surface area contributed by atoms with Crippen molar-refractivity contribution in [1.29, 1.82) is 0 Å². The highest BCUT2D eigenvalue weighted by atomic mass is 79.9. The van der Waals surface area contributed by atoms with Crippen LogP contribution >= 0.6 is 27.7 Å². The van der Waals surface area contributed by atoms with Crippen molar-refractivity contribution in [2.24, 2.45) is 0 Å². The molecule has 1 rings (SSSR count). The zero-order chi connectivity index (χ0) is 13.5. The number of aliphatic hydroxyl groups excluding tert-OH is 1. The molecule has 1 N–H and O–H groups in total. The van der Waals surface area contributed by atoms with Crippen molar-refractivity contribution >= 4 is 27.7 Å². The third-order valence-electron chi connectivity index (χ3n) is 2.61. The fourth-order valence-corrected chi connectivity index (χ4v) is 3.04. The monoisotopic (exact) mass is 334 g/mol. The molecule has 1 aromatic carbocycles. The highest BCUT2D eigenvalue weighted by Gasteiger charge is 2.18. The summed E-state index contributed by atoms with van der Waals surface area (Å²) in [5.41, 5.74) is 0.793. The molecule has 0 saturated heterocycles. The predicted molar refractivity (Wildman–Crippen MR) is 79.8 cm³/mol. The minimum absolute atomic E-state index is 0.513. The first-order valence-corrected chi connectivity index (χ1v) is 7.76. The maximum absolute atomic E-state index is 10.2. The number of hydrogen-bond donors (Lipinski definition) is 1. The highest BCUT2D eigenvalue weighted by Crippen LogP contribution is 2.40. The Balaban J connectivity index is 2.90. The molecule has 3 nitrogen and oxygen atoms in total. The SMILES string of the molecule is CCSCCC(O)c1ccc(OC)c(Br)c1OC. The van der Waals surface area contributed by atoms with Crippen LogP contribution in [0.1, 0.15) is 25.0 Å². The molecule has 0 aliphatic carbocycles. The molecule has 1 unspecified atom stereocenters. The van der Waals surface area contributed by atoms with Crippen molar-refractivity contribution in [3.05, 3.63) is 22.2 Å². The molecule has 0 amide bonds. The summed E-state index contributed by atoms with van der Waals surface area (Å²) in [6, 6.07) is 3.68.